The summed E-state index contributed by atoms with van der Waals surface area (Å²) in [5.74, 6) is 0.116. The Balaban J connectivity index is 1.63. The van der Waals surface area contributed by atoms with E-state index in [1.807, 2.05) is 0 Å². The highest BCUT2D eigenvalue weighted by Gasteiger charge is 2.16. The van der Waals surface area contributed by atoms with E-state index in [1.165, 1.54) is 6.07 Å². The van der Waals surface area contributed by atoms with Crippen molar-refractivity contribution in [1.82, 2.24) is 5.32 Å². The normalized spacial score (nSPS) is 17.4. The molecule has 0 saturated carbocycles. The average Bonchev–Trinajstić information content (AvgIpc) is 3.21. The maximum Gasteiger partial charge on any atom is 0.319 e. The first kappa shape index (κ1) is 14.6. The van der Waals surface area contributed by atoms with Crippen LogP contribution in [0.5, 0.6) is 0 Å². The highest BCUT2D eigenvalue weighted by molar-refractivity contribution is 5.90. The van der Waals surface area contributed by atoms with Gasteiger partial charge in [-0.25, -0.2) is 9.18 Å². The standard InChI is InChI=1S/C16H17FN2O3/c17-13-6-5-11(15-4-2-8-22-15)9-14(13)19-16(20)18-10-12-3-1-7-21-12/h2,4-6,8-9,12H,1,3,7,10H2,(H2,18,19,20)/t12-/m1/s1. The van der Waals surface area contributed by atoms with E-state index in [4.69, 9.17) is 9.15 Å². The van der Waals surface area contributed by atoms with Crippen molar-refractivity contribution in [2.75, 3.05) is 18.5 Å². The molecule has 0 spiro atoms. The zero-order chi connectivity index (χ0) is 15.4. The number of furan rings is 1. The number of carbonyl (C=O) groups excluding carboxylic acids is 1. The van der Waals surface area contributed by atoms with E-state index in [-0.39, 0.29) is 11.8 Å². The van der Waals surface area contributed by atoms with Crippen molar-refractivity contribution in [2.45, 2.75) is 18.9 Å². The maximum atomic E-state index is 13.8. The van der Waals surface area contributed by atoms with Crippen molar-refractivity contribution in [3.05, 3.63) is 42.4 Å². The summed E-state index contributed by atoms with van der Waals surface area (Å²) < 4.78 is 24.5. The number of carbonyl (C=O) groups is 1. The van der Waals surface area contributed by atoms with E-state index in [9.17, 15) is 9.18 Å². The molecule has 1 fully saturated rings. The van der Waals surface area contributed by atoms with Crippen LogP contribution >= 0.6 is 0 Å². The van der Waals surface area contributed by atoms with Gasteiger partial charge in [0, 0.05) is 18.7 Å². The lowest BCUT2D eigenvalue weighted by Gasteiger charge is -2.12. The number of amides is 2. The van der Waals surface area contributed by atoms with Gasteiger partial charge in [-0.1, -0.05) is 0 Å². The molecule has 2 heterocycles. The number of halogens is 1. The van der Waals surface area contributed by atoms with E-state index in [2.05, 4.69) is 10.6 Å². The fourth-order valence-electron chi connectivity index (χ4n) is 2.40. The van der Waals surface area contributed by atoms with Gasteiger partial charge >= 0.3 is 6.03 Å². The predicted molar refractivity (Wildman–Crippen MR) is 80.1 cm³/mol. The molecule has 0 bridgehead atoms. The van der Waals surface area contributed by atoms with Gasteiger partial charge in [0.2, 0.25) is 0 Å². The Morgan fingerprint density at radius 2 is 2.27 bits per heavy atom. The second-order valence-corrected chi connectivity index (χ2v) is 5.14. The van der Waals surface area contributed by atoms with Gasteiger partial charge in [0.1, 0.15) is 11.6 Å². The summed E-state index contributed by atoms with van der Waals surface area (Å²) in [5.41, 5.74) is 0.805. The Hall–Kier alpha value is -2.34. The van der Waals surface area contributed by atoms with Crippen LogP contribution in [0, 0.1) is 5.82 Å². The van der Waals surface area contributed by atoms with E-state index in [0.29, 0.717) is 17.9 Å². The number of ether oxygens (including phenoxy) is 1. The van der Waals surface area contributed by atoms with Crippen LogP contribution < -0.4 is 10.6 Å². The van der Waals surface area contributed by atoms with Gasteiger partial charge in [0.25, 0.3) is 0 Å². The molecule has 116 valence electrons. The molecule has 2 amide bonds. The van der Waals surface area contributed by atoms with Crippen LogP contribution in [-0.4, -0.2) is 25.3 Å². The van der Waals surface area contributed by atoms with Gasteiger partial charge < -0.3 is 19.8 Å². The third-order valence-corrected chi connectivity index (χ3v) is 3.53. The van der Waals surface area contributed by atoms with Crippen LogP contribution in [0.4, 0.5) is 14.9 Å². The molecule has 1 aromatic carbocycles. The van der Waals surface area contributed by atoms with Gasteiger partial charge in [0.15, 0.2) is 0 Å². The molecule has 1 aliphatic heterocycles. The minimum Gasteiger partial charge on any atom is -0.464 e. The first-order chi connectivity index (χ1) is 10.7. The van der Waals surface area contributed by atoms with Crippen molar-refractivity contribution in [1.29, 1.82) is 0 Å². The van der Waals surface area contributed by atoms with Gasteiger partial charge in [0.05, 0.1) is 18.1 Å². The summed E-state index contributed by atoms with van der Waals surface area (Å²) in [5, 5.41) is 5.20. The van der Waals surface area contributed by atoms with Crippen molar-refractivity contribution < 1.29 is 18.3 Å². The summed E-state index contributed by atoms with van der Waals surface area (Å²) >= 11 is 0. The summed E-state index contributed by atoms with van der Waals surface area (Å²) in [6.45, 7) is 1.15. The second-order valence-electron chi connectivity index (χ2n) is 5.14. The van der Waals surface area contributed by atoms with Crippen molar-refractivity contribution in [3.8, 4) is 11.3 Å². The number of hydrogen-bond donors (Lipinski definition) is 2. The van der Waals surface area contributed by atoms with Crippen molar-refractivity contribution in [3.63, 3.8) is 0 Å². The SMILES string of the molecule is O=C(NC[C@H]1CCCO1)Nc1cc(-c2ccco2)ccc1F. The van der Waals surface area contributed by atoms with Crippen molar-refractivity contribution >= 4 is 11.7 Å². The highest BCUT2D eigenvalue weighted by Crippen LogP contribution is 2.25. The average molecular weight is 304 g/mol. The van der Waals surface area contributed by atoms with E-state index < -0.39 is 11.8 Å². The lowest BCUT2D eigenvalue weighted by molar-refractivity contribution is 0.112. The molecule has 6 heteroatoms. The van der Waals surface area contributed by atoms with Crippen LogP contribution in [0.2, 0.25) is 0 Å². The highest BCUT2D eigenvalue weighted by atomic mass is 19.1. The predicted octanol–water partition coefficient (Wildman–Crippen LogP) is 3.39. The monoisotopic (exact) mass is 304 g/mol. The topological polar surface area (TPSA) is 63.5 Å². The fraction of sp³-hybridized carbons (Fsp3) is 0.312. The third kappa shape index (κ3) is 3.46. The number of benzene rings is 1. The Morgan fingerprint density at radius 1 is 1.36 bits per heavy atom. The molecule has 2 aromatic rings. The number of hydrogen-bond acceptors (Lipinski definition) is 3. The zero-order valence-corrected chi connectivity index (χ0v) is 12.0. The molecule has 1 aromatic heterocycles. The second kappa shape index (κ2) is 6.62. The number of urea groups is 1. The van der Waals surface area contributed by atoms with E-state index in [0.717, 1.165) is 19.4 Å². The summed E-state index contributed by atoms with van der Waals surface area (Å²) in [6, 6.07) is 7.51. The summed E-state index contributed by atoms with van der Waals surface area (Å²) in [7, 11) is 0. The number of rotatable bonds is 4. The van der Waals surface area contributed by atoms with Crippen LogP contribution in [0.15, 0.2) is 41.0 Å². The fourth-order valence-corrected chi connectivity index (χ4v) is 2.40. The van der Waals surface area contributed by atoms with Gasteiger partial charge in [-0.3, -0.25) is 0 Å². The van der Waals surface area contributed by atoms with Gasteiger partial charge in [-0.15, -0.1) is 0 Å². The molecule has 2 N–H and O–H groups in total. The Bertz CT molecular complexity index is 637. The third-order valence-electron chi connectivity index (χ3n) is 3.53. The quantitative estimate of drug-likeness (QED) is 0.910. The molecular formula is C16H17FN2O3. The molecule has 0 unspecified atom stereocenters. The number of anilines is 1. The molecule has 5 nitrogen and oxygen atoms in total. The molecule has 22 heavy (non-hydrogen) atoms. The largest absolute Gasteiger partial charge is 0.464 e. The molecule has 0 radical (unpaired) electrons. The minimum absolute atomic E-state index is 0.0463. The number of nitrogens with one attached hydrogen (secondary N) is 2. The van der Waals surface area contributed by atoms with Crippen LogP contribution in [-0.2, 0) is 4.74 Å². The van der Waals surface area contributed by atoms with E-state index in [1.54, 1.807) is 30.5 Å². The molecule has 3 rings (SSSR count). The molecular weight excluding hydrogens is 287 g/mol. The van der Waals surface area contributed by atoms with E-state index >= 15 is 0 Å². The molecule has 1 aliphatic rings. The van der Waals surface area contributed by atoms with Gasteiger partial charge in [-0.05, 0) is 43.2 Å². The Kier molecular flexibility index (Phi) is 4.39. The smallest absolute Gasteiger partial charge is 0.319 e. The van der Waals surface area contributed by atoms with Crippen LogP contribution in [0.1, 0.15) is 12.8 Å². The van der Waals surface area contributed by atoms with Crippen LogP contribution in [0.3, 0.4) is 0 Å². The first-order valence-electron chi connectivity index (χ1n) is 7.22. The Morgan fingerprint density at radius 3 is 3.00 bits per heavy atom. The molecule has 0 aliphatic carbocycles. The minimum atomic E-state index is -0.498. The maximum absolute atomic E-state index is 13.8. The molecule has 1 saturated heterocycles. The summed E-state index contributed by atoms with van der Waals surface area (Å²) in [6.07, 6.45) is 3.53. The zero-order valence-electron chi connectivity index (χ0n) is 12.0. The first-order valence-corrected chi connectivity index (χ1v) is 7.22. The van der Waals surface area contributed by atoms with Crippen LogP contribution in [0.25, 0.3) is 11.3 Å². The molecule has 1 atom stereocenters. The van der Waals surface area contributed by atoms with Crippen molar-refractivity contribution in [2.24, 2.45) is 0 Å². The lowest BCUT2D eigenvalue weighted by atomic mass is 10.1. The lowest BCUT2D eigenvalue weighted by Crippen LogP contribution is -2.35. The Labute approximate surface area is 127 Å². The van der Waals surface area contributed by atoms with Gasteiger partial charge in [-0.2, -0.15) is 0 Å². The summed E-state index contributed by atoms with van der Waals surface area (Å²) in [4.78, 5) is 11.9.